The predicted octanol–water partition coefficient (Wildman–Crippen LogP) is 3.25. The molecule has 0 saturated heterocycles. The fraction of sp³-hybridized carbons (Fsp3) is 0.320. The maximum Gasteiger partial charge on any atom is 0.328 e. The molecule has 8 heteroatoms. The molecule has 1 heterocycles. The van der Waals surface area contributed by atoms with E-state index in [2.05, 4.69) is 0 Å². The van der Waals surface area contributed by atoms with Crippen LogP contribution < -0.4 is 16.9 Å². The minimum absolute atomic E-state index is 0.00976. The maximum atomic E-state index is 13.0. The van der Waals surface area contributed by atoms with Crippen LogP contribution in [0.1, 0.15) is 38.8 Å². The zero-order chi connectivity index (χ0) is 24.7. The van der Waals surface area contributed by atoms with Crippen LogP contribution in [0.25, 0.3) is 22.3 Å². The molecule has 0 unspecified atom stereocenters. The Kier molecular flexibility index (Phi) is 6.19. The number of aliphatic carboxylic acids is 2. The summed E-state index contributed by atoms with van der Waals surface area (Å²) in [6.45, 7) is 6.44. The van der Waals surface area contributed by atoms with Gasteiger partial charge in [-0.25, -0.2) is 9.59 Å². The van der Waals surface area contributed by atoms with Gasteiger partial charge >= 0.3 is 11.9 Å². The molecular weight excluding hydrogens is 424 g/mol. The number of benzene rings is 2. The molecule has 8 nitrogen and oxygen atoms in total. The lowest BCUT2D eigenvalue weighted by atomic mass is 9.70. The summed E-state index contributed by atoms with van der Waals surface area (Å²) in [5.41, 5.74) is 8.80. The molecule has 0 spiro atoms. The first-order valence-corrected chi connectivity index (χ1v) is 10.6. The van der Waals surface area contributed by atoms with Gasteiger partial charge in [0.15, 0.2) is 5.43 Å². The third kappa shape index (κ3) is 3.71. The Balaban J connectivity index is 2.60. The molecule has 0 aliphatic rings. The molecule has 0 aliphatic heterocycles. The van der Waals surface area contributed by atoms with Crippen molar-refractivity contribution in [1.82, 2.24) is 0 Å². The van der Waals surface area contributed by atoms with Crippen LogP contribution in [0.3, 0.4) is 0 Å². The number of fused-ring (bicyclic) bond motifs is 1. The number of carboxylic acid groups (broad SMARTS) is 2. The highest BCUT2D eigenvalue weighted by Crippen LogP contribution is 2.42. The molecule has 0 aliphatic carbocycles. The van der Waals surface area contributed by atoms with Crippen LogP contribution in [0.4, 0.5) is 0 Å². The van der Waals surface area contributed by atoms with Crippen molar-refractivity contribution in [2.75, 3.05) is 0 Å². The van der Waals surface area contributed by atoms with Crippen molar-refractivity contribution in [2.45, 2.75) is 38.8 Å². The van der Waals surface area contributed by atoms with Gasteiger partial charge in [0, 0.05) is 17.2 Å². The first-order valence-electron chi connectivity index (χ1n) is 10.6. The zero-order valence-electron chi connectivity index (χ0n) is 19.0. The Morgan fingerprint density at radius 1 is 0.879 bits per heavy atom. The Hall–Kier alpha value is -3.49. The highest BCUT2D eigenvalue weighted by atomic mass is 16.4. The van der Waals surface area contributed by atoms with Crippen LogP contribution >= 0.6 is 0 Å². The molecule has 2 atom stereocenters. The Bertz CT molecular complexity index is 1280. The molecule has 3 aromatic rings. The first-order chi connectivity index (χ1) is 15.4. The van der Waals surface area contributed by atoms with Gasteiger partial charge in [-0.05, 0) is 23.5 Å². The van der Waals surface area contributed by atoms with Gasteiger partial charge in [-0.3, -0.25) is 4.79 Å². The Morgan fingerprint density at radius 2 is 1.42 bits per heavy atom. The van der Waals surface area contributed by atoms with E-state index >= 15 is 0 Å². The molecule has 3 rings (SSSR count). The Morgan fingerprint density at radius 3 is 1.91 bits per heavy atom. The number of carbonyl (C=O) groups is 2. The van der Waals surface area contributed by atoms with Gasteiger partial charge in [0.05, 0.1) is 5.39 Å². The lowest BCUT2D eigenvalue weighted by Crippen LogP contribution is -2.55. The van der Waals surface area contributed by atoms with Crippen molar-refractivity contribution in [3.8, 4) is 11.3 Å². The van der Waals surface area contributed by atoms with Crippen molar-refractivity contribution < 1.29 is 24.2 Å². The molecule has 2 aromatic carbocycles. The molecule has 0 saturated carbocycles. The maximum absolute atomic E-state index is 13.0. The summed E-state index contributed by atoms with van der Waals surface area (Å²) in [6, 6.07) is 12.9. The molecule has 6 N–H and O–H groups in total. The summed E-state index contributed by atoms with van der Waals surface area (Å²) in [5, 5.41) is 20.4. The average molecular weight is 453 g/mol. The van der Waals surface area contributed by atoms with Gasteiger partial charge in [0.1, 0.15) is 22.4 Å². The van der Waals surface area contributed by atoms with E-state index in [1.165, 1.54) is 18.2 Å². The van der Waals surface area contributed by atoms with Crippen molar-refractivity contribution >= 4 is 22.9 Å². The van der Waals surface area contributed by atoms with Crippen LogP contribution in [-0.2, 0) is 20.7 Å². The molecule has 0 radical (unpaired) electrons. The van der Waals surface area contributed by atoms with Crippen LogP contribution in [-0.4, -0.2) is 22.2 Å². The van der Waals surface area contributed by atoms with Gasteiger partial charge in [-0.1, -0.05) is 64.1 Å². The number of nitrogens with two attached hydrogens (primary N) is 2. The number of hydrogen-bond acceptors (Lipinski definition) is 6. The summed E-state index contributed by atoms with van der Waals surface area (Å²) in [6.07, 6.45) is 0. The first kappa shape index (κ1) is 24.2. The van der Waals surface area contributed by atoms with Crippen molar-refractivity contribution in [3.05, 3.63) is 69.9 Å². The molecule has 0 fully saturated rings. The number of hydrogen-bond donors (Lipinski definition) is 4. The lowest BCUT2D eigenvalue weighted by Gasteiger charge is -2.37. The zero-order valence-corrected chi connectivity index (χ0v) is 19.0. The van der Waals surface area contributed by atoms with Crippen LogP contribution in [0.15, 0.2) is 57.7 Å². The van der Waals surface area contributed by atoms with E-state index in [-0.39, 0.29) is 27.9 Å². The van der Waals surface area contributed by atoms with Gasteiger partial charge in [0.2, 0.25) is 0 Å². The molecule has 33 heavy (non-hydrogen) atoms. The van der Waals surface area contributed by atoms with E-state index in [1.807, 2.05) is 0 Å². The van der Waals surface area contributed by atoms with Crippen molar-refractivity contribution in [1.29, 1.82) is 0 Å². The minimum atomic E-state index is -2.09. The van der Waals surface area contributed by atoms with Gasteiger partial charge in [-0.2, -0.15) is 0 Å². The monoisotopic (exact) mass is 452 g/mol. The van der Waals surface area contributed by atoms with Crippen LogP contribution in [0.5, 0.6) is 0 Å². The highest BCUT2D eigenvalue weighted by molar-refractivity contribution is 5.94. The molecular formula is C25H28N2O6. The van der Waals surface area contributed by atoms with Crippen LogP contribution in [0.2, 0.25) is 0 Å². The summed E-state index contributed by atoms with van der Waals surface area (Å²) >= 11 is 0. The number of carboxylic acids is 2. The predicted molar refractivity (Wildman–Crippen MR) is 125 cm³/mol. The minimum Gasteiger partial charge on any atom is -0.480 e. The summed E-state index contributed by atoms with van der Waals surface area (Å²) in [4.78, 5) is 37.9. The molecule has 174 valence electrons. The fourth-order valence-electron chi connectivity index (χ4n) is 4.03. The highest BCUT2D eigenvalue weighted by Gasteiger charge is 2.50. The third-order valence-electron chi connectivity index (χ3n) is 6.34. The van der Waals surface area contributed by atoms with E-state index < -0.39 is 40.3 Å². The van der Waals surface area contributed by atoms with E-state index in [0.29, 0.717) is 5.56 Å². The lowest BCUT2D eigenvalue weighted by molar-refractivity contribution is -0.147. The second-order valence-corrected chi connectivity index (χ2v) is 8.86. The average Bonchev–Trinajstić information content (AvgIpc) is 2.77. The van der Waals surface area contributed by atoms with Crippen molar-refractivity contribution in [3.63, 3.8) is 0 Å². The second kappa shape index (κ2) is 8.46. The summed E-state index contributed by atoms with van der Waals surface area (Å²) in [7, 11) is 0. The van der Waals surface area contributed by atoms with E-state index in [4.69, 9.17) is 15.9 Å². The van der Waals surface area contributed by atoms with Gasteiger partial charge in [0.25, 0.3) is 0 Å². The standard InChI is InChI=1S/C25H28N2O6/c1-13(2)24(26,22(29)30)17-11-10-16-18(28)12-19(15-8-6-5-7-9-15)33-21(16)20(17)25(27,14(3)4)23(31)32/h5-14H,26-27H2,1-4H3,(H,29,30)(H,31,32)/t24-,25-/m0/s1. The largest absolute Gasteiger partial charge is 0.480 e. The fourth-order valence-corrected chi connectivity index (χ4v) is 4.03. The smallest absolute Gasteiger partial charge is 0.328 e. The van der Waals surface area contributed by atoms with Gasteiger partial charge < -0.3 is 26.1 Å². The quantitative estimate of drug-likeness (QED) is 0.425. The molecule has 0 amide bonds. The third-order valence-corrected chi connectivity index (χ3v) is 6.34. The van der Waals surface area contributed by atoms with E-state index in [9.17, 15) is 24.6 Å². The summed E-state index contributed by atoms with van der Waals surface area (Å²) in [5.74, 6) is -3.88. The van der Waals surface area contributed by atoms with Gasteiger partial charge in [-0.15, -0.1) is 0 Å². The van der Waals surface area contributed by atoms with E-state index in [1.54, 1.807) is 58.0 Å². The summed E-state index contributed by atoms with van der Waals surface area (Å²) < 4.78 is 6.11. The normalized spacial score (nSPS) is 15.4. The molecule has 0 bridgehead atoms. The topological polar surface area (TPSA) is 157 Å². The van der Waals surface area contributed by atoms with Crippen LogP contribution in [0, 0.1) is 11.8 Å². The SMILES string of the molecule is CC(C)[C@@](N)(C(=O)O)c1ccc2c(=O)cc(-c3ccccc3)oc2c1[C@](N)(C(=O)O)C(C)C. The van der Waals surface area contributed by atoms with Crippen molar-refractivity contribution in [2.24, 2.45) is 23.3 Å². The van der Waals surface area contributed by atoms with E-state index in [0.717, 1.165) is 0 Å². The molecule has 1 aromatic heterocycles. The number of rotatable bonds is 7. The second-order valence-electron chi connectivity index (χ2n) is 8.86. The Labute approximate surface area is 190 Å².